The zero-order chi connectivity index (χ0) is 22.3. The van der Waals surface area contributed by atoms with Crippen LogP contribution in [0.5, 0.6) is 0 Å². The van der Waals surface area contributed by atoms with Gasteiger partial charge in [0.25, 0.3) is 5.90 Å². The second-order valence-corrected chi connectivity index (χ2v) is 7.36. The van der Waals surface area contributed by atoms with Crippen molar-refractivity contribution < 1.29 is 28.4 Å². The van der Waals surface area contributed by atoms with Crippen LogP contribution in [0.2, 0.25) is 0 Å². The van der Waals surface area contributed by atoms with Crippen LogP contribution < -0.4 is 5.32 Å². The van der Waals surface area contributed by atoms with E-state index in [9.17, 15) is 14.4 Å². The molecule has 2 aromatic rings. The maximum absolute atomic E-state index is 13.1. The van der Waals surface area contributed by atoms with Crippen molar-refractivity contribution in [3.8, 4) is 0 Å². The number of carbonyl (C=O) groups excluding carboxylic acids is 3. The maximum Gasteiger partial charge on any atom is 0.502 e. The Morgan fingerprint density at radius 3 is 2.45 bits per heavy atom. The van der Waals surface area contributed by atoms with E-state index in [1.165, 1.54) is 18.7 Å². The molecule has 1 N–H and O–H groups in total. The Bertz CT molecular complexity index is 1160. The van der Waals surface area contributed by atoms with E-state index in [4.69, 9.17) is 9.47 Å². The van der Waals surface area contributed by atoms with Gasteiger partial charge in [0.2, 0.25) is 5.88 Å². The fourth-order valence-electron chi connectivity index (χ4n) is 3.70. The van der Waals surface area contributed by atoms with Gasteiger partial charge >= 0.3 is 17.9 Å². The number of carbonyl (C=O) groups is 3. The lowest BCUT2D eigenvalue weighted by Gasteiger charge is -2.20. The molecule has 2 aliphatic heterocycles. The zero-order valence-corrected chi connectivity index (χ0v) is 17.6. The number of rotatable bonds is 4. The number of methoxy groups -OCH3 is 1. The Hall–Kier alpha value is -3.94. The second-order valence-electron chi connectivity index (χ2n) is 7.36. The largest absolute Gasteiger partial charge is 0.502 e. The van der Waals surface area contributed by atoms with Gasteiger partial charge in [0, 0.05) is 11.3 Å². The van der Waals surface area contributed by atoms with Crippen LogP contribution >= 0.6 is 0 Å². The fourth-order valence-corrected chi connectivity index (χ4v) is 3.70. The predicted octanol–water partition coefficient (Wildman–Crippen LogP) is 2.84. The highest BCUT2D eigenvalue weighted by Gasteiger charge is 2.53. The number of nitrogens with zero attached hydrogens (tertiary/aromatic N) is 2. The van der Waals surface area contributed by atoms with Crippen LogP contribution in [0.3, 0.4) is 0 Å². The molecular weight excluding hydrogens is 398 g/mol. The number of para-hydroxylation sites is 1. The average molecular weight is 420 g/mol. The third-order valence-corrected chi connectivity index (χ3v) is 5.48. The van der Waals surface area contributed by atoms with Crippen LogP contribution in [-0.2, 0) is 14.3 Å². The summed E-state index contributed by atoms with van der Waals surface area (Å²) in [5.74, 6) is -1.01. The average Bonchev–Trinajstić information content (AvgIpc) is 3.16. The number of nitrogens with one attached hydrogen (secondary N) is 1. The molecule has 0 saturated heterocycles. The van der Waals surface area contributed by atoms with Gasteiger partial charge in [0.15, 0.2) is 5.92 Å². The van der Waals surface area contributed by atoms with Crippen LogP contribution in [0.4, 0.5) is 10.5 Å². The quantitative estimate of drug-likeness (QED) is 0.605. The van der Waals surface area contributed by atoms with Gasteiger partial charge in [-0.05, 0) is 36.2 Å². The summed E-state index contributed by atoms with van der Waals surface area (Å²) in [4.78, 5) is 38.4. The van der Waals surface area contributed by atoms with Crippen LogP contribution in [0, 0.1) is 12.8 Å². The van der Waals surface area contributed by atoms with Gasteiger partial charge in [-0.2, -0.15) is 14.3 Å². The lowest BCUT2D eigenvalue weighted by Crippen LogP contribution is -2.51. The Morgan fingerprint density at radius 1 is 1.13 bits per heavy atom. The SMILES string of the molecule is COC(=O)c1ccc(C2=C(Nc3ccccc3C)OC3=[N+](C)C(=O)N(C)C(=O)C23)cc1. The first kappa shape index (κ1) is 20.3. The van der Waals surface area contributed by atoms with E-state index in [0.717, 1.165) is 16.2 Å². The number of esters is 1. The number of hydrogen-bond acceptors (Lipinski definition) is 6. The summed E-state index contributed by atoms with van der Waals surface area (Å²) >= 11 is 0. The van der Waals surface area contributed by atoms with Gasteiger partial charge in [0.1, 0.15) is 0 Å². The van der Waals surface area contributed by atoms with Crippen molar-refractivity contribution in [3.63, 3.8) is 0 Å². The van der Waals surface area contributed by atoms with Crippen molar-refractivity contribution in [3.05, 3.63) is 71.1 Å². The van der Waals surface area contributed by atoms with Crippen LogP contribution in [0.15, 0.2) is 54.4 Å². The lowest BCUT2D eigenvalue weighted by molar-refractivity contribution is -0.415. The minimum absolute atomic E-state index is 0.247. The molecule has 1 atom stereocenters. The Kier molecular flexibility index (Phi) is 5.06. The van der Waals surface area contributed by atoms with Crippen molar-refractivity contribution in [2.24, 2.45) is 5.92 Å². The molecule has 0 radical (unpaired) electrons. The number of amides is 3. The number of fused-ring (bicyclic) bond motifs is 1. The molecule has 8 nitrogen and oxygen atoms in total. The first-order chi connectivity index (χ1) is 14.8. The highest BCUT2D eigenvalue weighted by atomic mass is 16.5. The van der Waals surface area contributed by atoms with Crippen molar-refractivity contribution in [1.29, 1.82) is 0 Å². The molecule has 0 bridgehead atoms. The molecule has 0 aliphatic carbocycles. The smallest absolute Gasteiger partial charge is 0.465 e. The van der Waals surface area contributed by atoms with Gasteiger partial charge in [-0.15, -0.1) is 0 Å². The minimum atomic E-state index is -0.789. The number of imide groups is 1. The minimum Gasteiger partial charge on any atom is -0.465 e. The van der Waals surface area contributed by atoms with E-state index >= 15 is 0 Å². The number of hydrogen-bond donors (Lipinski definition) is 1. The maximum atomic E-state index is 13.1. The second kappa shape index (κ2) is 7.71. The summed E-state index contributed by atoms with van der Waals surface area (Å²) in [6, 6.07) is 13.9. The molecule has 31 heavy (non-hydrogen) atoms. The summed E-state index contributed by atoms with van der Waals surface area (Å²) in [6.45, 7) is 1.96. The van der Waals surface area contributed by atoms with Gasteiger partial charge < -0.3 is 14.8 Å². The first-order valence-corrected chi connectivity index (χ1v) is 9.69. The number of aryl methyl sites for hydroxylation is 1. The monoisotopic (exact) mass is 420 g/mol. The van der Waals surface area contributed by atoms with Gasteiger partial charge in [0.05, 0.1) is 26.8 Å². The molecule has 158 valence electrons. The number of ether oxygens (including phenoxy) is 2. The molecule has 4 rings (SSSR count). The van der Waals surface area contributed by atoms with Crippen LogP contribution in [0.1, 0.15) is 21.5 Å². The van der Waals surface area contributed by atoms with E-state index < -0.39 is 17.9 Å². The molecule has 1 unspecified atom stereocenters. The third kappa shape index (κ3) is 3.35. The number of benzene rings is 2. The van der Waals surface area contributed by atoms with Crippen molar-refractivity contribution in [1.82, 2.24) is 4.90 Å². The summed E-state index contributed by atoms with van der Waals surface area (Å²) < 4.78 is 12.1. The van der Waals surface area contributed by atoms with Gasteiger partial charge in [-0.3, -0.25) is 0 Å². The standard InChI is InChI=1S/C23H21N3O5/c1-13-7-5-6-8-16(13)24-19-17(14-9-11-15(12-10-14)22(28)30-4)18-20(27)25(2)23(29)26(3)21(18)31-19/h5-12,18H,1-4H3/p+1. The third-order valence-electron chi connectivity index (χ3n) is 5.48. The van der Waals surface area contributed by atoms with Gasteiger partial charge in [-0.25, -0.2) is 9.59 Å². The summed E-state index contributed by atoms with van der Waals surface area (Å²) in [5, 5.41) is 3.27. The predicted molar refractivity (Wildman–Crippen MR) is 113 cm³/mol. The molecule has 0 fully saturated rings. The summed E-state index contributed by atoms with van der Waals surface area (Å²) in [5.41, 5.74) is 3.48. The van der Waals surface area contributed by atoms with Crippen LogP contribution in [-0.4, -0.2) is 54.5 Å². The molecule has 0 spiro atoms. The number of urea groups is 1. The Morgan fingerprint density at radius 2 is 1.81 bits per heavy atom. The molecular formula is C23H22N3O5+. The van der Waals surface area contributed by atoms with Crippen LogP contribution in [0.25, 0.3) is 5.57 Å². The lowest BCUT2D eigenvalue weighted by atomic mass is 9.91. The molecule has 0 saturated carbocycles. The Balaban J connectivity index is 1.86. The number of anilines is 1. The normalized spacial score (nSPS) is 18.2. The van der Waals surface area contributed by atoms with Crippen molar-refractivity contribution in [2.45, 2.75) is 6.92 Å². The first-order valence-electron chi connectivity index (χ1n) is 9.69. The molecule has 2 heterocycles. The van der Waals surface area contributed by atoms with Gasteiger partial charge in [-0.1, -0.05) is 30.3 Å². The molecule has 3 amide bonds. The molecule has 8 heteroatoms. The van der Waals surface area contributed by atoms with Crippen molar-refractivity contribution >= 4 is 35.1 Å². The van der Waals surface area contributed by atoms with E-state index in [2.05, 4.69) is 5.32 Å². The molecule has 0 aromatic heterocycles. The summed E-state index contributed by atoms with van der Waals surface area (Å²) in [7, 11) is 4.34. The molecule has 2 aromatic carbocycles. The van der Waals surface area contributed by atoms with E-state index in [-0.39, 0.29) is 11.8 Å². The highest BCUT2D eigenvalue weighted by molar-refractivity contribution is 6.18. The fraction of sp³-hybridized carbons (Fsp3) is 0.217. The Labute approximate surface area is 179 Å². The van der Waals surface area contributed by atoms with E-state index in [1.54, 1.807) is 31.3 Å². The van der Waals surface area contributed by atoms with Crippen molar-refractivity contribution in [2.75, 3.05) is 26.5 Å². The zero-order valence-electron chi connectivity index (χ0n) is 17.6. The topological polar surface area (TPSA) is 87.9 Å². The molecule has 2 aliphatic rings. The van der Waals surface area contributed by atoms with E-state index in [0.29, 0.717) is 22.6 Å². The van der Waals surface area contributed by atoms with E-state index in [1.807, 2.05) is 31.2 Å². The summed E-state index contributed by atoms with van der Waals surface area (Å²) in [6.07, 6.45) is 0. The highest BCUT2D eigenvalue weighted by Crippen LogP contribution is 2.39.